The van der Waals surface area contributed by atoms with Crippen molar-refractivity contribution in [2.45, 2.75) is 37.4 Å². The molecule has 0 fully saturated rings. The van der Waals surface area contributed by atoms with Crippen LogP contribution in [0.4, 0.5) is 32.0 Å². The van der Waals surface area contributed by atoms with E-state index in [1.807, 2.05) is 6.08 Å². The number of hydrogen-bond donors (Lipinski definition) is 4. The molecule has 2 unspecified atom stereocenters. The summed E-state index contributed by atoms with van der Waals surface area (Å²) in [7, 11) is 0. The highest BCUT2D eigenvalue weighted by Gasteiger charge is 2.35. The zero-order valence-corrected chi connectivity index (χ0v) is 20.4. The molecule has 5 nitrogen and oxygen atoms in total. The topological polar surface area (TPSA) is 65.3 Å². The van der Waals surface area contributed by atoms with Crippen LogP contribution in [0.1, 0.15) is 18.4 Å². The number of nitrogens with one attached hydrogen (secondary N) is 3. The van der Waals surface area contributed by atoms with Crippen molar-refractivity contribution >= 4 is 5.69 Å². The standard InChI is InChI=1S/C27H29F6N5/c28-26(29,30)18-6-8-20(9-7-18)35-24-16-22(17-38-13-2-1-3-14-38)37-25-23(24)11-10-21(36-25)15-19(5-4-12-34)27(31,32)33/h1-2,4-12,16,22,25,35-37H,3,13-15,17,34H2/b12-4-,19-5+. The molecule has 0 saturated heterocycles. The van der Waals surface area contributed by atoms with Gasteiger partial charge in [0, 0.05) is 60.3 Å². The number of nitrogens with zero attached hydrogens (tertiary/aromatic N) is 1. The lowest BCUT2D eigenvalue weighted by Gasteiger charge is -2.38. The van der Waals surface area contributed by atoms with E-state index >= 15 is 0 Å². The fourth-order valence-electron chi connectivity index (χ4n) is 4.53. The van der Waals surface area contributed by atoms with Gasteiger partial charge < -0.3 is 16.4 Å². The van der Waals surface area contributed by atoms with Crippen molar-refractivity contribution in [3.8, 4) is 0 Å². The summed E-state index contributed by atoms with van der Waals surface area (Å²) < 4.78 is 79.5. The van der Waals surface area contributed by atoms with Gasteiger partial charge in [-0.3, -0.25) is 10.2 Å². The maximum absolute atomic E-state index is 13.5. The van der Waals surface area contributed by atoms with E-state index in [4.69, 9.17) is 5.73 Å². The number of alkyl halides is 6. The number of hydrogen-bond acceptors (Lipinski definition) is 5. The molecule has 3 heterocycles. The zero-order valence-electron chi connectivity index (χ0n) is 20.4. The molecule has 1 aromatic rings. The smallest absolute Gasteiger partial charge is 0.405 e. The Balaban J connectivity index is 1.59. The molecule has 3 aliphatic rings. The van der Waals surface area contributed by atoms with Gasteiger partial charge in [-0.05, 0) is 55.1 Å². The van der Waals surface area contributed by atoms with Crippen LogP contribution >= 0.6 is 0 Å². The third-order valence-corrected chi connectivity index (χ3v) is 6.41. The summed E-state index contributed by atoms with van der Waals surface area (Å²) in [4.78, 5) is 2.25. The average molecular weight is 538 g/mol. The van der Waals surface area contributed by atoms with E-state index in [1.165, 1.54) is 12.1 Å². The molecule has 0 saturated carbocycles. The number of nitrogens with two attached hydrogens (primary N) is 1. The molecule has 3 aliphatic heterocycles. The fourth-order valence-corrected chi connectivity index (χ4v) is 4.53. The maximum atomic E-state index is 13.5. The minimum absolute atomic E-state index is 0.162. The molecule has 11 heteroatoms. The Labute approximate surface area is 217 Å². The Morgan fingerprint density at radius 3 is 2.47 bits per heavy atom. The van der Waals surface area contributed by atoms with E-state index in [2.05, 4.69) is 33.0 Å². The van der Waals surface area contributed by atoms with Crippen molar-refractivity contribution in [1.82, 2.24) is 15.5 Å². The highest BCUT2D eigenvalue weighted by atomic mass is 19.4. The van der Waals surface area contributed by atoms with Gasteiger partial charge in [0.2, 0.25) is 0 Å². The molecular formula is C27H29F6N5. The first-order valence-corrected chi connectivity index (χ1v) is 12.1. The fraction of sp³-hybridized carbons (Fsp3) is 0.333. The summed E-state index contributed by atoms with van der Waals surface area (Å²) in [6.07, 6.45) is 3.69. The first-order chi connectivity index (χ1) is 18.0. The highest BCUT2D eigenvalue weighted by molar-refractivity contribution is 5.58. The van der Waals surface area contributed by atoms with Crippen LogP contribution in [0.25, 0.3) is 0 Å². The quantitative estimate of drug-likeness (QED) is 0.215. The molecule has 204 valence electrons. The van der Waals surface area contributed by atoms with Gasteiger partial charge in [-0.25, -0.2) is 0 Å². The number of benzene rings is 1. The molecular weight excluding hydrogens is 508 g/mol. The van der Waals surface area contributed by atoms with E-state index in [9.17, 15) is 26.3 Å². The van der Waals surface area contributed by atoms with E-state index < -0.39 is 29.7 Å². The summed E-state index contributed by atoms with van der Waals surface area (Å²) in [5, 5.41) is 9.82. The van der Waals surface area contributed by atoms with E-state index in [0.29, 0.717) is 23.6 Å². The molecule has 0 bridgehead atoms. The van der Waals surface area contributed by atoms with Crippen molar-refractivity contribution < 1.29 is 26.3 Å². The summed E-state index contributed by atoms with van der Waals surface area (Å²) in [6, 6.07) is 4.56. The molecule has 5 N–H and O–H groups in total. The Bertz CT molecular complexity index is 1170. The lowest BCUT2D eigenvalue weighted by molar-refractivity contribution is -0.137. The van der Waals surface area contributed by atoms with E-state index in [1.54, 1.807) is 12.2 Å². The van der Waals surface area contributed by atoms with Gasteiger partial charge in [-0.1, -0.05) is 24.3 Å². The van der Waals surface area contributed by atoms with Gasteiger partial charge in [-0.15, -0.1) is 0 Å². The second-order valence-corrected chi connectivity index (χ2v) is 9.22. The zero-order chi connectivity index (χ0) is 27.3. The van der Waals surface area contributed by atoms with E-state index in [0.717, 1.165) is 55.6 Å². The second kappa shape index (κ2) is 11.5. The van der Waals surface area contributed by atoms with Crippen molar-refractivity contribution in [1.29, 1.82) is 0 Å². The third kappa shape index (κ3) is 7.11. The molecule has 4 rings (SSSR count). The largest absolute Gasteiger partial charge is 0.416 e. The maximum Gasteiger partial charge on any atom is 0.416 e. The first kappa shape index (κ1) is 27.6. The van der Waals surface area contributed by atoms with Crippen LogP contribution < -0.4 is 21.7 Å². The van der Waals surface area contributed by atoms with Crippen molar-refractivity contribution in [3.05, 3.63) is 101 Å². The average Bonchev–Trinajstić information content (AvgIpc) is 2.86. The molecule has 1 aromatic carbocycles. The summed E-state index contributed by atoms with van der Waals surface area (Å²) in [5.41, 5.74) is 5.97. The van der Waals surface area contributed by atoms with Gasteiger partial charge in [0.1, 0.15) is 6.17 Å². The number of dihydropyridines is 1. The predicted molar refractivity (Wildman–Crippen MR) is 135 cm³/mol. The molecule has 0 amide bonds. The van der Waals surface area contributed by atoms with Crippen LogP contribution in [-0.4, -0.2) is 42.9 Å². The molecule has 0 spiro atoms. The summed E-state index contributed by atoms with van der Waals surface area (Å²) >= 11 is 0. The van der Waals surface area contributed by atoms with Crippen LogP contribution in [0, 0.1) is 0 Å². The van der Waals surface area contributed by atoms with Crippen molar-refractivity contribution in [2.75, 3.05) is 25.0 Å². The monoisotopic (exact) mass is 537 g/mol. The molecule has 0 aromatic heterocycles. The molecule has 0 aliphatic carbocycles. The number of anilines is 1. The van der Waals surface area contributed by atoms with Gasteiger partial charge in [-0.2, -0.15) is 26.3 Å². The predicted octanol–water partition coefficient (Wildman–Crippen LogP) is 5.33. The number of fused-ring (bicyclic) bond motifs is 1. The lowest BCUT2D eigenvalue weighted by atomic mass is 9.95. The molecule has 0 radical (unpaired) electrons. The first-order valence-electron chi connectivity index (χ1n) is 12.1. The Kier molecular flexibility index (Phi) is 8.37. The number of rotatable bonds is 7. The van der Waals surface area contributed by atoms with Crippen molar-refractivity contribution in [2.24, 2.45) is 5.73 Å². The minimum atomic E-state index is -4.52. The van der Waals surface area contributed by atoms with E-state index in [-0.39, 0.29) is 12.5 Å². The lowest BCUT2D eigenvalue weighted by Crippen LogP contribution is -2.55. The number of halogens is 6. The molecule has 2 atom stereocenters. The van der Waals surface area contributed by atoms with Gasteiger partial charge in [0.05, 0.1) is 5.56 Å². The number of allylic oxidation sites excluding steroid dienone is 5. The SMILES string of the molecule is N/C=C\C=C(/CC1=CC=C2C(Nc3ccc(C(F)(F)F)cc3)=CC(CN3CC=CCC3)NC2N1)C(F)(F)F. The molecule has 38 heavy (non-hydrogen) atoms. The summed E-state index contributed by atoms with van der Waals surface area (Å²) in [5.74, 6) is 0. The van der Waals surface area contributed by atoms with Crippen LogP contribution in [0.2, 0.25) is 0 Å². The Hall–Kier alpha value is -3.44. The van der Waals surface area contributed by atoms with Crippen LogP contribution in [-0.2, 0) is 6.18 Å². The minimum Gasteiger partial charge on any atom is -0.405 e. The normalized spacial score (nSPS) is 22.9. The van der Waals surface area contributed by atoms with Crippen LogP contribution in [0.15, 0.2) is 95.5 Å². The van der Waals surface area contributed by atoms with Gasteiger partial charge in [0.25, 0.3) is 0 Å². The highest BCUT2D eigenvalue weighted by Crippen LogP contribution is 2.34. The van der Waals surface area contributed by atoms with Gasteiger partial charge >= 0.3 is 12.4 Å². The summed E-state index contributed by atoms with van der Waals surface area (Å²) in [6.45, 7) is 2.32. The van der Waals surface area contributed by atoms with Crippen LogP contribution in [0.3, 0.4) is 0 Å². The second-order valence-electron chi connectivity index (χ2n) is 9.22. The third-order valence-electron chi connectivity index (χ3n) is 6.41. The Morgan fingerprint density at radius 2 is 1.84 bits per heavy atom. The van der Waals surface area contributed by atoms with Gasteiger partial charge in [0.15, 0.2) is 0 Å². The van der Waals surface area contributed by atoms with Crippen LogP contribution in [0.5, 0.6) is 0 Å². The van der Waals surface area contributed by atoms with Crippen molar-refractivity contribution in [3.63, 3.8) is 0 Å². The Morgan fingerprint density at radius 1 is 1.08 bits per heavy atom.